The topological polar surface area (TPSA) is 33.3 Å². The third kappa shape index (κ3) is 6.94. The van der Waals surface area contributed by atoms with Gasteiger partial charge in [-0.3, -0.25) is 0 Å². The van der Waals surface area contributed by atoms with E-state index in [1.165, 1.54) is 11.1 Å². The van der Waals surface area contributed by atoms with E-state index >= 15 is 0 Å². The lowest BCUT2D eigenvalue weighted by molar-refractivity contribution is 0.107. The fraction of sp³-hybridized carbons (Fsp3) is 0.250. The molecule has 3 nitrogen and oxygen atoms in total. The third-order valence-corrected chi connectivity index (χ3v) is 3.70. The summed E-state index contributed by atoms with van der Waals surface area (Å²) < 4.78 is 5.74. The van der Waals surface area contributed by atoms with Crippen LogP contribution in [0.1, 0.15) is 23.6 Å². The predicted octanol–water partition coefficient (Wildman–Crippen LogP) is 3.94. The first-order valence-corrected chi connectivity index (χ1v) is 8.40. The van der Waals surface area contributed by atoms with Gasteiger partial charge in [0.05, 0.1) is 13.2 Å². The molecule has 126 valence electrons. The summed E-state index contributed by atoms with van der Waals surface area (Å²) in [6, 6.07) is 18.6. The summed E-state index contributed by atoms with van der Waals surface area (Å²) in [6.45, 7) is 8.45. The van der Waals surface area contributed by atoms with Crippen LogP contribution in [0.25, 0.3) is 0 Å². The fourth-order valence-electron chi connectivity index (χ4n) is 2.09. The molecule has 2 N–H and O–H groups in total. The predicted molar refractivity (Wildman–Crippen MR) is 104 cm³/mol. The van der Waals surface area contributed by atoms with Gasteiger partial charge in [0, 0.05) is 13.1 Å². The van der Waals surface area contributed by atoms with Gasteiger partial charge in [-0.1, -0.05) is 66.7 Å². The minimum absolute atomic E-state index is 0.612. The standard InChI is InChI=1S/C20H24N2OS/c1-16(2)12-21-20(24)22-13-17-8-10-19(11-9-17)15-23-14-18-6-4-3-5-7-18/h3-11H,1,12-15H2,2H3,(H2,21,22,24). The summed E-state index contributed by atoms with van der Waals surface area (Å²) >= 11 is 5.22. The summed E-state index contributed by atoms with van der Waals surface area (Å²) in [5.74, 6) is 0. The minimum atomic E-state index is 0.612. The molecule has 0 fully saturated rings. The van der Waals surface area contributed by atoms with Gasteiger partial charge in [0.2, 0.25) is 0 Å². The Morgan fingerprint density at radius 1 is 0.917 bits per heavy atom. The van der Waals surface area contributed by atoms with Crippen LogP contribution in [-0.4, -0.2) is 11.7 Å². The largest absolute Gasteiger partial charge is 0.372 e. The molecule has 0 unspecified atom stereocenters. The zero-order valence-electron chi connectivity index (χ0n) is 14.0. The van der Waals surface area contributed by atoms with Gasteiger partial charge in [-0.2, -0.15) is 0 Å². The number of rotatable bonds is 8. The highest BCUT2D eigenvalue weighted by Crippen LogP contribution is 2.08. The maximum Gasteiger partial charge on any atom is 0.166 e. The van der Waals surface area contributed by atoms with Crippen LogP contribution in [-0.2, 0) is 24.5 Å². The maximum atomic E-state index is 5.74. The molecular weight excluding hydrogens is 316 g/mol. The van der Waals surface area contributed by atoms with Crippen molar-refractivity contribution in [1.82, 2.24) is 10.6 Å². The van der Waals surface area contributed by atoms with E-state index in [-0.39, 0.29) is 0 Å². The van der Waals surface area contributed by atoms with E-state index in [9.17, 15) is 0 Å². The smallest absolute Gasteiger partial charge is 0.166 e. The molecule has 24 heavy (non-hydrogen) atoms. The molecule has 0 aliphatic carbocycles. The van der Waals surface area contributed by atoms with Gasteiger partial charge in [0.1, 0.15) is 0 Å². The van der Waals surface area contributed by atoms with E-state index in [1.54, 1.807) is 0 Å². The number of hydrogen-bond acceptors (Lipinski definition) is 2. The van der Waals surface area contributed by atoms with Crippen molar-refractivity contribution in [3.8, 4) is 0 Å². The molecule has 4 heteroatoms. The molecule has 0 spiro atoms. The molecule has 0 aromatic heterocycles. The number of hydrogen-bond donors (Lipinski definition) is 2. The van der Waals surface area contributed by atoms with Crippen molar-refractivity contribution in [2.24, 2.45) is 0 Å². The molecule has 0 bridgehead atoms. The Hall–Kier alpha value is -2.17. The van der Waals surface area contributed by atoms with Crippen LogP contribution in [0, 0.1) is 0 Å². The van der Waals surface area contributed by atoms with E-state index < -0.39 is 0 Å². The van der Waals surface area contributed by atoms with Crippen molar-refractivity contribution < 1.29 is 4.74 Å². The van der Waals surface area contributed by atoms with Crippen molar-refractivity contribution in [1.29, 1.82) is 0 Å². The number of thiocarbonyl (C=S) groups is 1. The molecule has 0 radical (unpaired) electrons. The Labute approximate surface area is 149 Å². The molecule has 0 amide bonds. The average molecular weight is 340 g/mol. The molecule has 0 aliphatic rings. The monoisotopic (exact) mass is 340 g/mol. The first-order valence-electron chi connectivity index (χ1n) is 7.99. The summed E-state index contributed by atoms with van der Waals surface area (Å²) in [6.07, 6.45) is 0. The molecule has 0 aliphatic heterocycles. The highest BCUT2D eigenvalue weighted by molar-refractivity contribution is 7.80. The van der Waals surface area contributed by atoms with E-state index in [0.717, 1.165) is 11.1 Å². The summed E-state index contributed by atoms with van der Waals surface area (Å²) in [7, 11) is 0. The Morgan fingerprint density at radius 3 is 2.12 bits per heavy atom. The SMILES string of the molecule is C=C(C)CNC(=S)NCc1ccc(COCc2ccccc2)cc1. The second-order valence-electron chi connectivity index (χ2n) is 5.79. The normalized spacial score (nSPS) is 10.2. The molecule has 0 heterocycles. The van der Waals surface area contributed by atoms with E-state index in [4.69, 9.17) is 17.0 Å². The van der Waals surface area contributed by atoms with Crippen molar-refractivity contribution in [2.45, 2.75) is 26.7 Å². The van der Waals surface area contributed by atoms with Crippen molar-refractivity contribution in [3.63, 3.8) is 0 Å². The summed E-state index contributed by atoms with van der Waals surface area (Å²) in [5.41, 5.74) is 4.59. The molecular formula is C20H24N2OS. The van der Waals surface area contributed by atoms with Crippen LogP contribution >= 0.6 is 12.2 Å². The van der Waals surface area contributed by atoms with Gasteiger partial charge < -0.3 is 15.4 Å². The summed E-state index contributed by atoms with van der Waals surface area (Å²) in [4.78, 5) is 0. The van der Waals surface area contributed by atoms with Gasteiger partial charge in [-0.25, -0.2) is 0 Å². The van der Waals surface area contributed by atoms with Crippen LogP contribution in [0.15, 0.2) is 66.7 Å². The Kier molecular flexibility index (Phi) is 7.46. The minimum Gasteiger partial charge on any atom is -0.372 e. The molecule has 0 atom stereocenters. The Balaban J connectivity index is 1.70. The van der Waals surface area contributed by atoms with Gasteiger partial charge in [0.15, 0.2) is 5.11 Å². The van der Waals surface area contributed by atoms with E-state index in [0.29, 0.717) is 31.4 Å². The van der Waals surface area contributed by atoms with Crippen LogP contribution < -0.4 is 10.6 Å². The van der Waals surface area contributed by atoms with Crippen molar-refractivity contribution in [2.75, 3.05) is 6.54 Å². The molecule has 2 aromatic carbocycles. The Bertz CT molecular complexity index is 653. The molecule has 2 rings (SSSR count). The van der Waals surface area contributed by atoms with Gasteiger partial charge in [0.25, 0.3) is 0 Å². The van der Waals surface area contributed by atoms with E-state index in [1.807, 2.05) is 25.1 Å². The fourth-order valence-corrected chi connectivity index (χ4v) is 2.23. The number of benzene rings is 2. The van der Waals surface area contributed by atoms with Gasteiger partial charge in [-0.15, -0.1) is 0 Å². The highest BCUT2D eigenvalue weighted by atomic mass is 32.1. The van der Waals surface area contributed by atoms with Crippen molar-refractivity contribution >= 4 is 17.3 Å². The lowest BCUT2D eigenvalue weighted by Crippen LogP contribution is -2.35. The second-order valence-corrected chi connectivity index (χ2v) is 6.20. The van der Waals surface area contributed by atoms with Crippen molar-refractivity contribution in [3.05, 3.63) is 83.4 Å². The number of nitrogens with one attached hydrogen (secondary N) is 2. The lowest BCUT2D eigenvalue weighted by atomic mass is 10.1. The quantitative estimate of drug-likeness (QED) is 0.563. The molecule has 0 saturated carbocycles. The summed E-state index contributed by atoms with van der Waals surface area (Å²) in [5, 5.41) is 6.94. The van der Waals surface area contributed by atoms with Gasteiger partial charge in [-0.05, 0) is 35.8 Å². The first-order chi connectivity index (χ1) is 11.6. The van der Waals surface area contributed by atoms with Crippen LogP contribution in [0.5, 0.6) is 0 Å². The van der Waals surface area contributed by atoms with Crippen LogP contribution in [0.4, 0.5) is 0 Å². The average Bonchev–Trinajstić information content (AvgIpc) is 2.60. The lowest BCUT2D eigenvalue weighted by Gasteiger charge is -2.11. The van der Waals surface area contributed by atoms with Crippen LogP contribution in [0.2, 0.25) is 0 Å². The molecule has 0 saturated heterocycles. The zero-order chi connectivity index (χ0) is 17.2. The van der Waals surface area contributed by atoms with Gasteiger partial charge >= 0.3 is 0 Å². The van der Waals surface area contributed by atoms with E-state index in [2.05, 4.69) is 53.6 Å². The van der Waals surface area contributed by atoms with Crippen LogP contribution in [0.3, 0.4) is 0 Å². The first kappa shape index (κ1) is 18.2. The third-order valence-electron chi connectivity index (χ3n) is 3.41. The maximum absolute atomic E-state index is 5.74. The Morgan fingerprint density at radius 2 is 1.50 bits per heavy atom. The highest BCUT2D eigenvalue weighted by Gasteiger charge is 1.99. The molecule has 2 aromatic rings. The second kappa shape index (κ2) is 9.85. The zero-order valence-corrected chi connectivity index (χ0v) is 14.9. The number of ether oxygens (including phenoxy) is 1.